The standard InChI is InChI=1S/C25H26N4O6/c1-2-34-25(33)18-7-9-19(10-8-18)26-22(30)17-29-11-3-5-20(29)23(31)27-12-14-28(15-13-27)24(32)21-6-4-16-35-21/h3-11,16H,2,12-15,17H2,1H3,(H,26,30). The number of nitrogens with one attached hydrogen (secondary N) is 1. The maximum absolute atomic E-state index is 13.1. The summed E-state index contributed by atoms with van der Waals surface area (Å²) in [5.41, 5.74) is 1.32. The number of rotatable bonds is 7. The molecule has 0 spiro atoms. The van der Waals surface area contributed by atoms with Gasteiger partial charge in [0.25, 0.3) is 11.8 Å². The smallest absolute Gasteiger partial charge is 0.338 e. The van der Waals surface area contributed by atoms with Gasteiger partial charge >= 0.3 is 5.97 Å². The Balaban J connectivity index is 1.32. The third-order valence-corrected chi connectivity index (χ3v) is 5.63. The van der Waals surface area contributed by atoms with Crippen LogP contribution in [0.5, 0.6) is 0 Å². The van der Waals surface area contributed by atoms with Crippen molar-refractivity contribution in [2.75, 3.05) is 38.1 Å². The predicted molar refractivity (Wildman–Crippen MR) is 126 cm³/mol. The third-order valence-electron chi connectivity index (χ3n) is 5.63. The van der Waals surface area contributed by atoms with Crippen molar-refractivity contribution in [2.45, 2.75) is 13.5 Å². The van der Waals surface area contributed by atoms with Crippen LogP contribution in [0, 0.1) is 0 Å². The minimum Gasteiger partial charge on any atom is -0.462 e. The summed E-state index contributed by atoms with van der Waals surface area (Å²) >= 11 is 0. The van der Waals surface area contributed by atoms with Gasteiger partial charge in [-0.15, -0.1) is 0 Å². The molecule has 35 heavy (non-hydrogen) atoms. The highest BCUT2D eigenvalue weighted by Gasteiger charge is 2.28. The number of hydrogen-bond acceptors (Lipinski definition) is 6. The Morgan fingerprint density at radius 3 is 2.23 bits per heavy atom. The number of furan rings is 1. The number of aromatic nitrogens is 1. The fraction of sp³-hybridized carbons (Fsp3) is 0.280. The van der Waals surface area contributed by atoms with E-state index in [2.05, 4.69) is 5.32 Å². The van der Waals surface area contributed by atoms with Gasteiger partial charge in [-0.1, -0.05) is 0 Å². The molecule has 1 fully saturated rings. The van der Waals surface area contributed by atoms with Crippen molar-refractivity contribution in [3.8, 4) is 0 Å². The van der Waals surface area contributed by atoms with Crippen molar-refractivity contribution in [3.63, 3.8) is 0 Å². The summed E-state index contributed by atoms with van der Waals surface area (Å²) in [4.78, 5) is 53.2. The minimum atomic E-state index is -0.424. The molecule has 0 aliphatic carbocycles. The number of anilines is 1. The highest BCUT2D eigenvalue weighted by Crippen LogP contribution is 2.14. The molecule has 3 aromatic rings. The first kappa shape index (κ1) is 23.8. The Bertz CT molecular complexity index is 1190. The molecule has 2 aromatic heterocycles. The Kier molecular flexibility index (Phi) is 7.30. The molecule has 1 saturated heterocycles. The lowest BCUT2D eigenvalue weighted by Gasteiger charge is -2.34. The quantitative estimate of drug-likeness (QED) is 0.522. The van der Waals surface area contributed by atoms with Crippen LogP contribution in [-0.2, 0) is 16.1 Å². The second-order valence-corrected chi connectivity index (χ2v) is 7.93. The van der Waals surface area contributed by atoms with E-state index in [0.717, 1.165) is 0 Å². The minimum absolute atomic E-state index is 0.0509. The molecule has 10 nitrogen and oxygen atoms in total. The number of hydrogen-bond donors (Lipinski definition) is 1. The Labute approximate surface area is 202 Å². The number of amides is 3. The molecule has 3 amide bonds. The van der Waals surface area contributed by atoms with E-state index in [4.69, 9.17) is 9.15 Å². The third kappa shape index (κ3) is 5.60. The van der Waals surface area contributed by atoms with Gasteiger partial charge in [0.2, 0.25) is 5.91 Å². The number of esters is 1. The first-order valence-electron chi connectivity index (χ1n) is 11.3. The van der Waals surface area contributed by atoms with Gasteiger partial charge < -0.3 is 28.8 Å². The molecule has 1 aliphatic rings. The zero-order valence-electron chi connectivity index (χ0n) is 19.3. The van der Waals surface area contributed by atoms with Crippen molar-refractivity contribution in [1.29, 1.82) is 0 Å². The zero-order chi connectivity index (χ0) is 24.8. The first-order chi connectivity index (χ1) is 17.0. The normalized spacial score (nSPS) is 13.4. The van der Waals surface area contributed by atoms with Crippen LogP contribution < -0.4 is 5.32 Å². The summed E-state index contributed by atoms with van der Waals surface area (Å²) in [6, 6.07) is 13.1. The van der Waals surface area contributed by atoms with Crippen molar-refractivity contribution in [2.24, 2.45) is 0 Å². The van der Waals surface area contributed by atoms with Gasteiger partial charge in [0.15, 0.2) is 5.76 Å². The van der Waals surface area contributed by atoms with Crippen LogP contribution in [0.3, 0.4) is 0 Å². The van der Waals surface area contributed by atoms with Crippen LogP contribution in [0.4, 0.5) is 5.69 Å². The van der Waals surface area contributed by atoms with Gasteiger partial charge in [0, 0.05) is 38.1 Å². The second kappa shape index (κ2) is 10.7. The molecule has 10 heteroatoms. The summed E-state index contributed by atoms with van der Waals surface area (Å²) in [6.45, 7) is 3.53. The largest absolute Gasteiger partial charge is 0.462 e. The monoisotopic (exact) mass is 478 g/mol. The first-order valence-corrected chi connectivity index (χ1v) is 11.3. The van der Waals surface area contributed by atoms with E-state index < -0.39 is 5.97 Å². The SMILES string of the molecule is CCOC(=O)c1ccc(NC(=O)Cn2cccc2C(=O)N2CCN(C(=O)c3ccco3)CC2)cc1. The van der Waals surface area contributed by atoms with E-state index in [9.17, 15) is 19.2 Å². The van der Waals surface area contributed by atoms with E-state index in [0.29, 0.717) is 43.1 Å². The van der Waals surface area contributed by atoms with Crippen molar-refractivity contribution >= 4 is 29.4 Å². The van der Waals surface area contributed by atoms with Crippen LogP contribution in [0.15, 0.2) is 65.4 Å². The average Bonchev–Trinajstić information content (AvgIpc) is 3.56. The molecule has 0 radical (unpaired) electrons. The maximum atomic E-state index is 13.1. The van der Waals surface area contributed by atoms with Gasteiger partial charge in [0.05, 0.1) is 18.4 Å². The highest BCUT2D eigenvalue weighted by molar-refractivity contribution is 5.96. The summed E-state index contributed by atoms with van der Waals surface area (Å²) in [6.07, 6.45) is 3.13. The van der Waals surface area contributed by atoms with Crippen molar-refractivity contribution in [3.05, 3.63) is 78.0 Å². The van der Waals surface area contributed by atoms with Gasteiger partial charge in [-0.25, -0.2) is 4.79 Å². The predicted octanol–water partition coefficient (Wildman–Crippen LogP) is 2.49. The van der Waals surface area contributed by atoms with E-state index >= 15 is 0 Å². The molecule has 182 valence electrons. The molecular weight excluding hydrogens is 452 g/mol. The van der Waals surface area contributed by atoms with Crippen molar-refractivity contribution in [1.82, 2.24) is 14.4 Å². The highest BCUT2D eigenvalue weighted by atomic mass is 16.5. The number of ether oxygens (including phenoxy) is 1. The number of nitrogens with zero attached hydrogens (tertiary/aromatic N) is 3. The molecule has 1 N–H and O–H groups in total. The number of carbonyl (C=O) groups is 4. The van der Waals surface area contributed by atoms with Gasteiger partial charge in [-0.05, 0) is 55.5 Å². The lowest BCUT2D eigenvalue weighted by molar-refractivity contribution is -0.116. The Morgan fingerprint density at radius 1 is 0.914 bits per heavy atom. The van der Waals surface area contributed by atoms with E-state index in [1.807, 2.05) is 0 Å². The lowest BCUT2D eigenvalue weighted by Crippen LogP contribution is -2.50. The van der Waals surface area contributed by atoms with E-state index in [-0.39, 0.29) is 36.6 Å². The topological polar surface area (TPSA) is 114 Å². The second-order valence-electron chi connectivity index (χ2n) is 7.93. The average molecular weight is 479 g/mol. The fourth-order valence-corrected chi connectivity index (χ4v) is 3.84. The molecule has 4 rings (SSSR count). The molecule has 1 aliphatic heterocycles. The van der Waals surface area contributed by atoms with Crippen LogP contribution in [-0.4, -0.2) is 70.8 Å². The van der Waals surface area contributed by atoms with Crippen LogP contribution in [0.1, 0.15) is 38.3 Å². The lowest BCUT2D eigenvalue weighted by atomic mass is 10.2. The number of carbonyl (C=O) groups excluding carboxylic acids is 4. The van der Waals surface area contributed by atoms with Gasteiger partial charge in [0.1, 0.15) is 12.2 Å². The summed E-state index contributed by atoms with van der Waals surface area (Å²) in [5, 5.41) is 2.77. The number of piperazine rings is 1. The Hall–Kier alpha value is -4.34. The molecule has 0 saturated carbocycles. The fourth-order valence-electron chi connectivity index (χ4n) is 3.84. The van der Waals surface area contributed by atoms with E-state index in [1.54, 1.807) is 76.0 Å². The van der Waals surface area contributed by atoms with E-state index in [1.165, 1.54) is 6.26 Å². The molecule has 1 aromatic carbocycles. The summed E-state index contributed by atoms with van der Waals surface area (Å²) < 4.78 is 11.7. The molecule has 3 heterocycles. The summed E-state index contributed by atoms with van der Waals surface area (Å²) in [5.74, 6) is -0.857. The number of benzene rings is 1. The molecular formula is C25H26N4O6. The maximum Gasteiger partial charge on any atom is 0.338 e. The molecule has 0 bridgehead atoms. The van der Waals surface area contributed by atoms with Crippen molar-refractivity contribution < 1.29 is 28.3 Å². The van der Waals surface area contributed by atoms with Crippen LogP contribution >= 0.6 is 0 Å². The molecule has 0 atom stereocenters. The molecule has 0 unspecified atom stereocenters. The van der Waals surface area contributed by atoms with Gasteiger partial charge in [-0.3, -0.25) is 14.4 Å². The van der Waals surface area contributed by atoms with Crippen LogP contribution in [0.25, 0.3) is 0 Å². The Morgan fingerprint density at radius 2 is 1.60 bits per heavy atom. The van der Waals surface area contributed by atoms with Crippen LogP contribution in [0.2, 0.25) is 0 Å². The zero-order valence-corrected chi connectivity index (χ0v) is 19.3. The summed E-state index contributed by atoms with van der Waals surface area (Å²) in [7, 11) is 0. The van der Waals surface area contributed by atoms with Gasteiger partial charge in [-0.2, -0.15) is 0 Å².